The molecule has 1 aromatic carbocycles. The molecule has 2 aromatic heterocycles. The van der Waals surface area contributed by atoms with Gasteiger partial charge in [-0.15, -0.1) is 10.2 Å². The van der Waals surface area contributed by atoms with Crippen molar-refractivity contribution < 1.29 is 17.6 Å². The highest BCUT2D eigenvalue weighted by Gasteiger charge is 2.34. The van der Waals surface area contributed by atoms with Gasteiger partial charge in [0, 0.05) is 6.20 Å². The minimum atomic E-state index is -4.50. The average molecular weight is 329 g/mol. The lowest BCUT2D eigenvalue weighted by molar-refractivity contribution is -0.137. The van der Waals surface area contributed by atoms with Crippen molar-refractivity contribution in [1.82, 2.24) is 20.0 Å². The standard InChI is InChI=1S/C13H8ClF3N4O/c14-8-5-18-21(6-8)7-11-19-20-12(22-11)9-3-1-2-4-10(9)13(15,16)17/h1-6H,7H2. The summed E-state index contributed by atoms with van der Waals surface area (Å²) in [5, 5.41) is 11.8. The van der Waals surface area contributed by atoms with Gasteiger partial charge >= 0.3 is 6.18 Å². The second kappa shape index (κ2) is 5.45. The van der Waals surface area contributed by atoms with Crippen LogP contribution in [0.2, 0.25) is 5.02 Å². The minimum absolute atomic E-state index is 0.119. The summed E-state index contributed by atoms with van der Waals surface area (Å²) in [6, 6.07) is 5.02. The molecular formula is C13H8ClF3N4O. The predicted molar refractivity (Wildman–Crippen MR) is 71.1 cm³/mol. The van der Waals surface area contributed by atoms with Crippen molar-refractivity contribution in [2.45, 2.75) is 12.7 Å². The van der Waals surface area contributed by atoms with Crippen molar-refractivity contribution in [3.63, 3.8) is 0 Å². The number of alkyl halides is 3. The zero-order valence-corrected chi connectivity index (χ0v) is 11.6. The Morgan fingerprint density at radius 2 is 1.95 bits per heavy atom. The molecule has 0 amide bonds. The van der Waals surface area contributed by atoms with Crippen LogP contribution in [0.5, 0.6) is 0 Å². The van der Waals surface area contributed by atoms with E-state index in [-0.39, 0.29) is 23.9 Å². The van der Waals surface area contributed by atoms with Crippen LogP contribution >= 0.6 is 11.6 Å². The van der Waals surface area contributed by atoms with Crippen molar-refractivity contribution >= 4 is 11.6 Å². The van der Waals surface area contributed by atoms with E-state index in [4.69, 9.17) is 16.0 Å². The van der Waals surface area contributed by atoms with Gasteiger partial charge in [0.1, 0.15) is 6.54 Å². The largest absolute Gasteiger partial charge is 0.419 e. The third-order valence-corrected chi connectivity index (χ3v) is 3.02. The summed E-state index contributed by atoms with van der Waals surface area (Å²) in [7, 11) is 0. The molecule has 3 rings (SSSR count). The fourth-order valence-corrected chi connectivity index (χ4v) is 2.06. The number of halogens is 4. The Hall–Kier alpha value is -2.35. The molecule has 0 fully saturated rings. The quantitative estimate of drug-likeness (QED) is 0.736. The third-order valence-electron chi connectivity index (χ3n) is 2.83. The zero-order chi connectivity index (χ0) is 15.7. The molecule has 0 aliphatic heterocycles. The van der Waals surface area contributed by atoms with Crippen LogP contribution in [0.15, 0.2) is 41.1 Å². The van der Waals surface area contributed by atoms with E-state index in [0.717, 1.165) is 6.07 Å². The van der Waals surface area contributed by atoms with Crippen molar-refractivity contribution in [3.8, 4) is 11.5 Å². The first-order valence-corrected chi connectivity index (χ1v) is 6.48. The van der Waals surface area contributed by atoms with Gasteiger partial charge in [0.15, 0.2) is 0 Å². The molecule has 2 heterocycles. The molecule has 0 radical (unpaired) electrons. The molecule has 0 saturated heterocycles. The fourth-order valence-electron chi connectivity index (χ4n) is 1.91. The summed E-state index contributed by atoms with van der Waals surface area (Å²) in [5.41, 5.74) is -0.986. The smallest absolute Gasteiger partial charge is 0.417 e. The van der Waals surface area contributed by atoms with E-state index in [0.29, 0.717) is 5.02 Å². The maximum atomic E-state index is 13.0. The van der Waals surface area contributed by atoms with Crippen LogP contribution < -0.4 is 0 Å². The molecule has 0 aliphatic carbocycles. The Bertz CT molecular complexity index is 796. The van der Waals surface area contributed by atoms with Gasteiger partial charge in [0.2, 0.25) is 11.8 Å². The molecule has 0 N–H and O–H groups in total. The topological polar surface area (TPSA) is 56.7 Å². The van der Waals surface area contributed by atoms with Crippen LogP contribution in [0, 0.1) is 0 Å². The predicted octanol–water partition coefficient (Wildman–Crippen LogP) is 3.65. The molecule has 0 atom stereocenters. The van der Waals surface area contributed by atoms with Crippen molar-refractivity contribution in [1.29, 1.82) is 0 Å². The highest BCUT2D eigenvalue weighted by atomic mass is 35.5. The normalized spacial score (nSPS) is 11.8. The molecular weight excluding hydrogens is 321 g/mol. The van der Waals surface area contributed by atoms with Gasteiger partial charge in [-0.2, -0.15) is 18.3 Å². The van der Waals surface area contributed by atoms with E-state index < -0.39 is 11.7 Å². The number of hydrogen-bond acceptors (Lipinski definition) is 4. The van der Waals surface area contributed by atoms with E-state index in [1.54, 1.807) is 0 Å². The summed E-state index contributed by atoms with van der Waals surface area (Å²) in [6.07, 6.45) is -1.53. The highest BCUT2D eigenvalue weighted by molar-refractivity contribution is 6.30. The fraction of sp³-hybridized carbons (Fsp3) is 0.154. The summed E-state index contributed by atoms with van der Waals surface area (Å²) in [5.74, 6) is -0.0621. The lowest BCUT2D eigenvalue weighted by Crippen LogP contribution is -2.06. The molecule has 5 nitrogen and oxygen atoms in total. The average Bonchev–Trinajstić information content (AvgIpc) is 3.08. The van der Waals surface area contributed by atoms with Gasteiger partial charge in [0.05, 0.1) is 22.3 Å². The SMILES string of the molecule is FC(F)(F)c1ccccc1-c1nnc(Cn2cc(Cl)cn2)o1. The van der Waals surface area contributed by atoms with E-state index in [9.17, 15) is 13.2 Å². The van der Waals surface area contributed by atoms with Crippen LogP contribution in [0.25, 0.3) is 11.5 Å². The van der Waals surface area contributed by atoms with Gasteiger partial charge in [-0.05, 0) is 12.1 Å². The first-order valence-electron chi connectivity index (χ1n) is 6.10. The Morgan fingerprint density at radius 3 is 2.64 bits per heavy atom. The molecule has 0 bridgehead atoms. The first kappa shape index (κ1) is 14.6. The Kier molecular flexibility index (Phi) is 3.61. The second-order valence-electron chi connectivity index (χ2n) is 4.40. The van der Waals surface area contributed by atoms with Crippen molar-refractivity contribution in [2.75, 3.05) is 0 Å². The third kappa shape index (κ3) is 2.96. The number of benzene rings is 1. The molecule has 0 aliphatic rings. The number of hydrogen-bond donors (Lipinski definition) is 0. The molecule has 9 heteroatoms. The van der Waals surface area contributed by atoms with Gasteiger partial charge in [-0.25, -0.2) is 0 Å². The first-order chi connectivity index (χ1) is 10.4. The molecule has 0 saturated carbocycles. The lowest BCUT2D eigenvalue weighted by atomic mass is 10.1. The minimum Gasteiger partial charge on any atom is -0.419 e. The Morgan fingerprint density at radius 1 is 1.18 bits per heavy atom. The van der Waals surface area contributed by atoms with Crippen molar-refractivity contribution in [2.24, 2.45) is 0 Å². The van der Waals surface area contributed by atoms with Gasteiger partial charge in [-0.1, -0.05) is 23.7 Å². The van der Waals surface area contributed by atoms with E-state index >= 15 is 0 Å². The zero-order valence-electron chi connectivity index (χ0n) is 10.9. The van der Waals surface area contributed by atoms with E-state index in [2.05, 4.69) is 15.3 Å². The summed E-state index contributed by atoms with van der Waals surface area (Å²) >= 11 is 5.72. The van der Waals surface area contributed by atoms with Gasteiger partial charge < -0.3 is 4.42 Å². The highest BCUT2D eigenvalue weighted by Crippen LogP contribution is 2.36. The molecule has 0 spiro atoms. The number of aromatic nitrogens is 4. The van der Waals surface area contributed by atoms with E-state index in [1.165, 1.54) is 35.3 Å². The monoisotopic (exact) mass is 328 g/mol. The van der Waals surface area contributed by atoms with Crippen LogP contribution in [0.1, 0.15) is 11.5 Å². The second-order valence-corrected chi connectivity index (χ2v) is 4.84. The Balaban J connectivity index is 1.91. The van der Waals surface area contributed by atoms with Crippen LogP contribution in [0.4, 0.5) is 13.2 Å². The van der Waals surface area contributed by atoms with Gasteiger partial charge in [-0.3, -0.25) is 4.68 Å². The van der Waals surface area contributed by atoms with Gasteiger partial charge in [0.25, 0.3) is 0 Å². The summed E-state index contributed by atoms with van der Waals surface area (Å²) in [4.78, 5) is 0. The molecule has 0 unspecified atom stereocenters. The molecule has 3 aromatic rings. The maximum Gasteiger partial charge on any atom is 0.417 e. The summed E-state index contributed by atoms with van der Waals surface area (Å²) < 4.78 is 45.6. The maximum absolute atomic E-state index is 13.0. The number of nitrogens with zero attached hydrogens (tertiary/aromatic N) is 4. The van der Waals surface area contributed by atoms with Crippen LogP contribution in [0.3, 0.4) is 0 Å². The lowest BCUT2D eigenvalue weighted by Gasteiger charge is -2.09. The van der Waals surface area contributed by atoms with E-state index in [1.807, 2.05) is 0 Å². The number of rotatable bonds is 3. The van der Waals surface area contributed by atoms with Crippen LogP contribution in [-0.2, 0) is 12.7 Å². The Labute approximate surface area is 127 Å². The molecule has 114 valence electrons. The van der Waals surface area contributed by atoms with Crippen LogP contribution in [-0.4, -0.2) is 20.0 Å². The summed E-state index contributed by atoms with van der Waals surface area (Å²) in [6.45, 7) is 0.119. The van der Waals surface area contributed by atoms with Crippen molar-refractivity contribution in [3.05, 3.63) is 53.1 Å². The molecule has 22 heavy (non-hydrogen) atoms.